The van der Waals surface area contributed by atoms with Crippen molar-refractivity contribution in [3.8, 4) is 0 Å². The lowest BCUT2D eigenvalue weighted by Gasteiger charge is -2.18. The molecule has 0 spiro atoms. The molecule has 1 atom stereocenters. The fourth-order valence-electron chi connectivity index (χ4n) is 2.13. The highest BCUT2D eigenvalue weighted by Crippen LogP contribution is 2.21. The molecular formula is C16H20N2. The van der Waals surface area contributed by atoms with Gasteiger partial charge in [0.1, 0.15) is 0 Å². The molecule has 0 aromatic heterocycles. The Balaban J connectivity index is 2.20. The molecule has 0 amide bonds. The molecule has 0 heterocycles. The van der Waals surface area contributed by atoms with Crippen LogP contribution in [0.25, 0.3) is 0 Å². The number of para-hydroxylation sites is 1. The molecule has 2 nitrogen and oxygen atoms in total. The quantitative estimate of drug-likeness (QED) is 0.806. The van der Waals surface area contributed by atoms with Crippen molar-refractivity contribution in [2.75, 3.05) is 12.8 Å². The van der Waals surface area contributed by atoms with Gasteiger partial charge in [-0.1, -0.05) is 48.0 Å². The van der Waals surface area contributed by atoms with Gasteiger partial charge < -0.3 is 11.1 Å². The normalized spacial score (nSPS) is 12.3. The second-order valence-electron chi connectivity index (χ2n) is 4.65. The van der Waals surface area contributed by atoms with Gasteiger partial charge >= 0.3 is 0 Å². The van der Waals surface area contributed by atoms with Gasteiger partial charge in [-0.2, -0.15) is 0 Å². The zero-order valence-corrected chi connectivity index (χ0v) is 11.0. The van der Waals surface area contributed by atoms with Gasteiger partial charge in [-0.15, -0.1) is 0 Å². The van der Waals surface area contributed by atoms with E-state index in [1.165, 1.54) is 16.7 Å². The van der Waals surface area contributed by atoms with Crippen molar-refractivity contribution in [3.63, 3.8) is 0 Å². The van der Waals surface area contributed by atoms with Gasteiger partial charge in [-0.3, -0.25) is 0 Å². The Morgan fingerprint density at radius 1 is 1.06 bits per heavy atom. The minimum Gasteiger partial charge on any atom is -0.399 e. The van der Waals surface area contributed by atoms with Gasteiger partial charge in [0.25, 0.3) is 0 Å². The number of benzene rings is 2. The third-order valence-electron chi connectivity index (χ3n) is 3.31. The van der Waals surface area contributed by atoms with Gasteiger partial charge in [-0.05, 0) is 37.6 Å². The number of nitrogens with one attached hydrogen (secondary N) is 1. The summed E-state index contributed by atoms with van der Waals surface area (Å²) in [5, 5.41) is 3.36. The third kappa shape index (κ3) is 2.90. The summed E-state index contributed by atoms with van der Waals surface area (Å²) in [6.07, 6.45) is 0.909. The maximum atomic E-state index is 6.00. The van der Waals surface area contributed by atoms with Crippen molar-refractivity contribution in [3.05, 3.63) is 65.2 Å². The molecule has 0 aliphatic heterocycles. The van der Waals surface area contributed by atoms with E-state index in [0.29, 0.717) is 6.04 Å². The number of likely N-dealkylation sites (N-methyl/N-ethyl adjacent to an activating group) is 1. The summed E-state index contributed by atoms with van der Waals surface area (Å²) in [4.78, 5) is 0. The minimum absolute atomic E-state index is 0.301. The van der Waals surface area contributed by atoms with E-state index in [1.807, 2.05) is 25.2 Å². The van der Waals surface area contributed by atoms with Crippen molar-refractivity contribution in [1.29, 1.82) is 0 Å². The van der Waals surface area contributed by atoms with Crippen LogP contribution in [-0.4, -0.2) is 7.05 Å². The molecule has 2 aromatic rings. The predicted octanol–water partition coefficient (Wildman–Crippen LogP) is 3.08. The minimum atomic E-state index is 0.301. The number of anilines is 1. The first-order valence-corrected chi connectivity index (χ1v) is 6.28. The molecule has 2 rings (SSSR count). The molecule has 0 aliphatic carbocycles. The van der Waals surface area contributed by atoms with Gasteiger partial charge in [0.15, 0.2) is 0 Å². The van der Waals surface area contributed by atoms with Crippen LogP contribution in [0, 0.1) is 6.92 Å². The maximum absolute atomic E-state index is 6.00. The molecule has 0 radical (unpaired) electrons. The first kappa shape index (κ1) is 12.7. The highest BCUT2D eigenvalue weighted by Gasteiger charge is 2.11. The predicted molar refractivity (Wildman–Crippen MR) is 77.5 cm³/mol. The monoisotopic (exact) mass is 240 g/mol. The molecule has 0 aliphatic rings. The Morgan fingerprint density at radius 2 is 1.72 bits per heavy atom. The lowest BCUT2D eigenvalue weighted by Crippen LogP contribution is -2.19. The Kier molecular flexibility index (Phi) is 4.00. The third-order valence-corrected chi connectivity index (χ3v) is 3.31. The van der Waals surface area contributed by atoms with Gasteiger partial charge in [0, 0.05) is 11.7 Å². The number of nitrogens with two attached hydrogens (primary N) is 1. The molecule has 0 saturated heterocycles. The fraction of sp³-hybridized carbons (Fsp3) is 0.250. The summed E-state index contributed by atoms with van der Waals surface area (Å²) in [6, 6.07) is 17.0. The van der Waals surface area contributed by atoms with E-state index < -0.39 is 0 Å². The van der Waals surface area contributed by atoms with E-state index in [-0.39, 0.29) is 0 Å². The Hall–Kier alpha value is -1.80. The van der Waals surface area contributed by atoms with Crippen LogP contribution in [0.1, 0.15) is 22.7 Å². The standard InChI is InChI=1S/C16H20N2/c1-12-7-9-13(10-8-12)16(18-2)11-14-5-3-4-6-15(14)17/h3-10,16,18H,11,17H2,1-2H3/t16-/m0/s1. The zero-order valence-electron chi connectivity index (χ0n) is 11.0. The average Bonchev–Trinajstić information content (AvgIpc) is 2.39. The molecule has 0 bridgehead atoms. The summed E-state index contributed by atoms with van der Waals surface area (Å²) < 4.78 is 0. The van der Waals surface area contributed by atoms with E-state index in [4.69, 9.17) is 5.73 Å². The molecule has 2 aromatic carbocycles. The van der Waals surface area contributed by atoms with Crippen LogP contribution in [0.5, 0.6) is 0 Å². The Labute approximate surface area is 109 Å². The van der Waals surface area contributed by atoms with E-state index in [9.17, 15) is 0 Å². The number of rotatable bonds is 4. The molecule has 3 N–H and O–H groups in total. The van der Waals surface area contributed by atoms with E-state index in [2.05, 4.69) is 42.6 Å². The maximum Gasteiger partial charge on any atom is 0.0359 e. The molecule has 18 heavy (non-hydrogen) atoms. The van der Waals surface area contributed by atoms with Crippen molar-refractivity contribution in [2.24, 2.45) is 0 Å². The summed E-state index contributed by atoms with van der Waals surface area (Å²) in [5.41, 5.74) is 10.6. The Bertz CT molecular complexity index is 503. The van der Waals surface area contributed by atoms with Crippen LogP contribution in [0.3, 0.4) is 0 Å². The second-order valence-corrected chi connectivity index (χ2v) is 4.65. The fourth-order valence-corrected chi connectivity index (χ4v) is 2.13. The molecule has 94 valence electrons. The lowest BCUT2D eigenvalue weighted by atomic mass is 9.97. The van der Waals surface area contributed by atoms with Crippen LogP contribution in [0.2, 0.25) is 0 Å². The van der Waals surface area contributed by atoms with Gasteiger partial charge in [-0.25, -0.2) is 0 Å². The zero-order chi connectivity index (χ0) is 13.0. The smallest absolute Gasteiger partial charge is 0.0359 e. The SMILES string of the molecule is CN[C@@H](Cc1ccccc1N)c1ccc(C)cc1. The topological polar surface area (TPSA) is 38.0 Å². The largest absolute Gasteiger partial charge is 0.399 e. The van der Waals surface area contributed by atoms with Crippen molar-refractivity contribution in [1.82, 2.24) is 5.32 Å². The number of hydrogen-bond donors (Lipinski definition) is 2. The first-order chi connectivity index (χ1) is 8.70. The van der Waals surface area contributed by atoms with E-state index in [1.54, 1.807) is 0 Å². The molecule has 2 heteroatoms. The van der Waals surface area contributed by atoms with Crippen molar-refractivity contribution < 1.29 is 0 Å². The highest BCUT2D eigenvalue weighted by atomic mass is 14.9. The average molecular weight is 240 g/mol. The van der Waals surface area contributed by atoms with Crippen LogP contribution in [0.15, 0.2) is 48.5 Å². The van der Waals surface area contributed by atoms with Crippen molar-refractivity contribution in [2.45, 2.75) is 19.4 Å². The van der Waals surface area contributed by atoms with Crippen LogP contribution in [0.4, 0.5) is 5.69 Å². The number of hydrogen-bond acceptors (Lipinski definition) is 2. The summed E-state index contributed by atoms with van der Waals surface area (Å²) >= 11 is 0. The lowest BCUT2D eigenvalue weighted by molar-refractivity contribution is 0.593. The highest BCUT2D eigenvalue weighted by molar-refractivity contribution is 5.47. The molecule has 0 fully saturated rings. The summed E-state index contributed by atoms with van der Waals surface area (Å²) in [6.45, 7) is 2.10. The molecule has 0 saturated carbocycles. The van der Waals surface area contributed by atoms with Crippen molar-refractivity contribution >= 4 is 5.69 Å². The molecular weight excluding hydrogens is 220 g/mol. The molecule has 0 unspecified atom stereocenters. The Morgan fingerprint density at radius 3 is 2.33 bits per heavy atom. The number of aryl methyl sites for hydroxylation is 1. The summed E-state index contributed by atoms with van der Waals surface area (Å²) in [5.74, 6) is 0. The first-order valence-electron chi connectivity index (χ1n) is 6.28. The van der Waals surface area contributed by atoms with E-state index in [0.717, 1.165) is 12.1 Å². The van der Waals surface area contributed by atoms with Gasteiger partial charge in [0.05, 0.1) is 0 Å². The van der Waals surface area contributed by atoms with E-state index >= 15 is 0 Å². The van der Waals surface area contributed by atoms with Crippen LogP contribution < -0.4 is 11.1 Å². The van der Waals surface area contributed by atoms with Gasteiger partial charge in [0.2, 0.25) is 0 Å². The van der Waals surface area contributed by atoms with Crippen LogP contribution in [-0.2, 0) is 6.42 Å². The van der Waals surface area contributed by atoms with Crippen LogP contribution >= 0.6 is 0 Å². The second kappa shape index (κ2) is 5.69. The number of nitrogen functional groups attached to an aromatic ring is 1. The summed E-state index contributed by atoms with van der Waals surface area (Å²) in [7, 11) is 1.99.